The van der Waals surface area contributed by atoms with Crippen LogP contribution in [-0.4, -0.2) is 36.0 Å². The van der Waals surface area contributed by atoms with Gasteiger partial charge in [0.1, 0.15) is 0 Å². The first-order chi connectivity index (χ1) is 30.2. The van der Waals surface area contributed by atoms with Crippen molar-refractivity contribution in [1.29, 1.82) is 0 Å². The fourth-order valence-electron chi connectivity index (χ4n) is 9.46. The second kappa shape index (κ2) is 24.3. The number of unbranched alkanes of at least 4 members (excludes halogenated alkanes) is 12. The molecule has 3 aromatic carbocycles. The van der Waals surface area contributed by atoms with Gasteiger partial charge in [-0.3, -0.25) is 28.0 Å². The first-order valence-corrected chi connectivity index (χ1v) is 25.4. The Bertz CT molecular complexity index is 1740. The molecule has 6 unspecified atom stereocenters. The van der Waals surface area contributed by atoms with Crippen LogP contribution in [0.4, 0.5) is 0 Å². The van der Waals surface area contributed by atoms with Crippen molar-refractivity contribution >= 4 is 25.5 Å². The lowest BCUT2D eigenvalue weighted by Crippen LogP contribution is -2.38. The number of fused-ring (bicyclic) bond motifs is 3. The van der Waals surface area contributed by atoms with E-state index in [0.29, 0.717) is 38.5 Å². The van der Waals surface area contributed by atoms with Crippen LogP contribution in [0.25, 0.3) is 0 Å². The van der Waals surface area contributed by atoms with Crippen molar-refractivity contribution in [1.82, 2.24) is 16.0 Å². The zero-order valence-corrected chi connectivity index (χ0v) is 38.4. The van der Waals surface area contributed by atoms with Gasteiger partial charge in [0.2, 0.25) is 17.7 Å². The molecule has 3 aliphatic rings. The fraction of sp³-hybridized carbons (Fsp3) is 0.588. The fourth-order valence-corrected chi connectivity index (χ4v) is 11.2. The number of benzene rings is 3. The summed E-state index contributed by atoms with van der Waals surface area (Å²) in [5.41, 5.74) is 5.72. The van der Waals surface area contributed by atoms with E-state index in [-0.39, 0.29) is 17.7 Å². The number of hydrogen-bond donors (Lipinski definition) is 3. The van der Waals surface area contributed by atoms with Crippen LogP contribution in [0, 0.1) is 0 Å². The maximum absolute atomic E-state index is 15.8. The molecule has 0 saturated carbocycles. The van der Waals surface area contributed by atoms with Gasteiger partial charge in [0.15, 0.2) is 0 Å². The molecule has 6 rings (SSSR count). The number of carbonyl (C=O) groups is 3. The van der Waals surface area contributed by atoms with Crippen LogP contribution in [0.3, 0.4) is 0 Å². The lowest BCUT2D eigenvalue weighted by atomic mass is 10.1. The van der Waals surface area contributed by atoms with E-state index in [0.717, 1.165) is 130 Å². The molecule has 0 saturated heterocycles. The Hall–Kier alpha value is -3.82. The molecule has 0 aromatic heterocycles. The molecule has 0 aliphatic heterocycles. The summed E-state index contributed by atoms with van der Waals surface area (Å²) in [5, 5.41) is 9.71. The average Bonchev–Trinajstić information content (AvgIpc) is 3.90. The zero-order chi connectivity index (χ0) is 43.7. The van der Waals surface area contributed by atoms with Crippen molar-refractivity contribution in [3.8, 4) is 0 Å². The van der Waals surface area contributed by atoms with Gasteiger partial charge in [-0.25, -0.2) is 4.57 Å². The quantitative estimate of drug-likeness (QED) is 0.0513. The van der Waals surface area contributed by atoms with Crippen LogP contribution in [0.5, 0.6) is 0 Å². The molecule has 3 amide bonds. The van der Waals surface area contributed by atoms with Gasteiger partial charge >= 0.3 is 7.82 Å². The van der Waals surface area contributed by atoms with E-state index >= 15 is 4.57 Å². The van der Waals surface area contributed by atoms with Gasteiger partial charge in [-0.1, -0.05) is 171 Å². The van der Waals surface area contributed by atoms with Gasteiger partial charge in [0, 0.05) is 38.5 Å². The Morgan fingerprint density at radius 3 is 1.02 bits per heavy atom. The van der Waals surface area contributed by atoms with Crippen molar-refractivity contribution < 1.29 is 32.5 Å². The summed E-state index contributed by atoms with van der Waals surface area (Å²) in [7, 11) is -4.55. The van der Waals surface area contributed by atoms with Gasteiger partial charge in [-0.2, -0.15) is 0 Å². The second-order valence-electron chi connectivity index (χ2n) is 17.7. The summed E-state index contributed by atoms with van der Waals surface area (Å²) >= 11 is 0. The van der Waals surface area contributed by atoms with E-state index < -0.39 is 44.3 Å². The van der Waals surface area contributed by atoms with Gasteiger partial charge < -0.3 is 16.0 Å². The van der Waals surface area contributed by atoms with Crippen molar-refractivity contribution in [2.24, 2.45) is 0 Å². The number of phosphoric acid groups is 1. The Balaban J connectivity index is 1.27. The third-order valence-electron chi connectivity index (χ3n) is 12.8. The molecular formula is C51H72N3O7P. The zero-order valence-electron chi connectivity index (χ0n) is 37.5. The summed E-state index contributed by atoms with van der Waals surface area (Å²) in [6, 6.07) is 22.0. The minimum atomic E-state index is -4.55. The highest BCUT2D eigenvalue weighted by Gasteiger charge is 2.48. The molecule has 3 aliphatic carbocycles. The second-order valence-corrected chi connectivity index (χ2v) is 19.2. The highest BCUT2D eigenvalue weighted by molar-refractivity contribution is 7.48. The van der Waals surface area contributed by atoms with Crippen LogP contribution >= 0.6 is 7.82 Å². The Morgan fingerprint density at radius 1 is 0.452 bits per heavy atom. The van der Waals surface area contributed by atoms with E-state index in [2.05, 4.69) is 36.7 Å². The predicted octanol–water partition coefficient (Wildman–Crippen LogP) is 11.6. The molecule has 0 bridgehead atoms. The van der Waals surface area contributed by atoms with E-state index in [1.807, 2.05) is 72.8 Å². The molecule has 0 radical (unpaired) electrons. The molecular weight excluding hydrogens is 798 g/mol. The number of amides is 3. The molecule has 10 nitrogen and oxygen atoms in total. The van der Waals surface area contributed by atoms with Crippen molar-refractivity contribution in [2.75, 3.05) is 0 Å². The van der Waals surface area contributed by atoms with Gasteiger partial charge in [0.25, 0.3) is 0 Å². The van der Waals surface area contributed by atoms with Gasteiger partial charge in [-0.05, 0) is 52.6 Å². The van der Waals surface area contributed by atoms with Crippen LogP contribution < -0.4 is 16.0 Å². The molecule has 3 aromatic rings. The summed E-state index contributed by atoms with van der Waals surface area (Å²) < 4.78 is 36.1. The van der Waals surface area contributed by atoms with E-state index in [9.17, 15) is 14.4 Å². The Kier molecular flexibility index (Phi) is 18.7. The van der Waals surface area contributed by atoms with Gasteiger partial charge in [0.05, 0.1) is 36.4 Å². The number of rotatable bonds is 27. The molecule has 62 heavy (non-hydrogen) atoms. The highest BCUT2D eigenvalue weighted by atomic mass is 31.2. The summed E-state index contributed by atoms with van der Waals surface area (Å²) in [5.74, 6) is -0.248. The minimum Gasteiger partial charge on any atom is -0.347 e. The van der Waals surface area contributed by atoms with Crippen LogP contribution in [0.15, 0.2) is 72.8 Å². The predicted molar refractivity (Wildman–Crippen MR) is 245 cm³/mol. The average molecular weight is 870 g/mol. The van der Waals surface area contributed by atoms with Crippen molar-refractivity contribution in [3.63, 3.8) is 0 Å². The molecule has 0 fully saturated rings. The molecule has 3 N–H and O–H groups in total. The standard InChI is InChI=1S/C51H72N3O7P/c1-4-7-10-13-16-31-46(55)52-49-40-28-22-19-25-37(40)34-43(49)59-62(58,60-44-35-38-26-20-23-29-41(38)50(44)53-47(56)32-17-14-11-8-5-2)61-45-36-39-27-21-24-30-42(39)51(45)54-48(57)33-18-15-12-9-6-3/h19-30,43-45,49-51H,4-18,31-36H2,1-3H3,(H,52,55)(H,53,56)(H,54,57). The summed E-state index contributed by atoms with van der Waals surface area (Å²) in [6.45, 7) is 6.52. The SMILES string of the molecule is CCCCCCCC(=O)NC1c2ccccc2CC1OP(=O)(OC1Cc2ccccc2C1NC(=O)CCCCCCC)OC1Cc2ccccc2C1NC(=O)CCCCCCC. The Morgan fingerprint density at radius 2 is 0.726 bits per heavy atom. The normalized spacial score (nSPS) is 22.0. The third kappa shape index (κ3) is 13.4. The first kappa shape index (κ1) is 47.7. The van der Waals surface area contributed by atoms with E-state index in [1.165, 1.54) is 0 Å². The molecule has 0 heterocycles. The van der Waals surface area contributed by atoms with Gasteiger partial charge in [-0.15, -0.1) is 0 Å². The summed E-state index contributed by atoms with van der Waals surface area (Å²) in [4.78, 5) is 40.6. The molecule has 6 atom stereocenters. The smallest absolute Gasteiger partial charge is 0.347 e. The lowest BCUT2D eigenvalue weighted by Gasteiger charge is -2.32. The van der Waals surface area contributed by atoms with Crippen LogP contribution in [0.1, 0.15) is 188 Å². The summed E-state index contributed by atoms with van der Waals surface area (Å²) in [6.07, 6.45) is 15.5. The van der Waals surface area contributed by atoms with E-state index in [4.69, 9.17) is 13.6 Å². The van der Waals surface area contributed by atoms with Crippen LogP contribution in [0.2, 0.25) is 0 Å². The van der Waals surface area contributed by atoms with E-state index in [1.54, 1.807) is 0 Å². The largest absolute Gasteiger partial charge is 0.475 e. The Labute approximate surface area is 371 Å². The van der Waals surface area contributed by atoms with Crippen molar-refractivity contribution in [3.05, 3.63) is 106 Å². The monoisotopic (exact) mass is 870 g/mol. The number of hydrogen-bond acceptors (Lipinski definition) is 7. The molecule has 338 valence electrons. The number of nitrogens with one attached hydrogen (secondary N) is 3. The number of carbonyl (C=O) groups excluding carboxylic acids is 3. The minimum absolute atomic E-state index is 0.0825. The van der Waals surface area contributed by atoms with Crippen molar-refractivity contribution in [2.45, 2.75) is 192 Å². The third-order valence-corrected chi connectivity index (χ3v) is 14.4. The topological polar surface area (TPSA) is 132 Å². The highest BCUT2D eigenvalue weighted by Crippen LogP contribution is 2.59. The van der Waals surface area contributed by atoms with Crippen LogP contribution in [-0.2, 0) is 51.8 Å². The first-order valence-electron chi connectivity index (χ1n) is 24.0. The maximum Gasteiger partial charge on any atom is 0.475 e. The molecule has 0 spiro atoms. The number of phosphoric ester groups is 1. The lowest BCUT2D eigenvalue weighted by molar-refractivity contribution is -0.123. The maximum atomic E-state index is 15.8. The molecule has 11 heteroatoms.